The van der Waals surface area contributed by atoms with Gasteiger partial charge in [0.25, 0.3) is 5.91 Å². The molecule has 0 aromatic carbocycles. The summed E-state index contributed by atoms with van der Waals surface area (Å²) in [6.07, 6.45) is -0.103. The number of aromatic nitrogens is 1. The van der Waals surface area contributed by atoms with Gasteiger partial charge in [0.2, 0.25) is 0 Å². The summed E-state index contributed by atoms with van der Waals surface area (Å²) in [5.74, 6) is -0.281. The molecule has 2 aliphatic rings. The van der Waals surface area contributed by atoms with Crippen LogP contribution in [0.4, 0.5) is 4.79 Å². The lowest BCUT2D eigenvalue weighted by Gasteiger charge is -2.17. The smallest absolute Gasteiger partial charge is 0.407 e. The van der Waals surface area contributed by atoms with E-state index in [2.05, 4.69) is 15.6 Å². The van der Waals surface area contributed by atoms with E-state index < -0.39 is 12.2 Å². The van der Waals surface area contributed by atoms with Crippen LogP contribution < -0.4 is 10.6 Å². The number of nitrogens with zero attached hydrogens (tertiary/aromatic N) is 1. The van der Waals surface area contributed by atoms with E-state index in [1.165, 1.54) is 0 Å². The summed E-state index contributed by atoms with van der Waals surface area (Å²) in [4.78, 5) is 27.7. The summed E-state index contributed by atoms with van der Waals surface area (Å²) in [6, 6.07) is 4.84. The Labute approximate surface area is 133 Å². The van der Waals surface area contributed by atoms with Crippen molar-refractivity contribution >= 4 is 12.0 Å². The first-order chi connectivity index (χ1) is 11.2. The summed E-state index contributed by atoms with van der Waals surface area (Å²) in [7, 11) is 0. The third kappa shape index (κ3) is 3.43. The third-order valence-electron chi connectivity index (χ3n) is 3.80. The van der Waals surface area contributed by atoms with Crippen LogP contribution >= 0.6 is 0 Å². The number of ether oxygens (including phenoxy) is 3. The number of fused-ring (bicyclic) bond motifs is 1. The van der Waals surface area contributed by atoms with E-state index in [-0.39, 0.29) is 30.8 Å². The Morgan fingerprint density at radius 2 is 2.13 bits per heavy atom. The Morgan fingerprint density at radius 1 is 1.30 bits per heavy atom. The van der Waals surface area contributed by atoms with E-state index in [0.717, 1.165) is 0 Å². The number of alkyl carbamates (subject to hydrolysis) is 1. The Balaban J connectivity index is 1.57. The van der Waals surface area contributed by atoms with E-state index in [0.29, 0.717) is 18.8 Å². The first-order valence-electron chi connectivity index (χ1n) is 7.58. The van der Waals surface area contributed by atoms with Crippen molar-refractivity contribution in [2.24, 2.45) is 0 Å². The van der Waals surface area contributed by atoms with Gasteiger partial charge in [-0.3, -0.25) is 9.78 Å². The lowest BCUT2D eigenvalue weighted by Crippen LogP contribution is -2.44. The highest BCUT2D eigenvalue weighted by atomic mass is 16.6. The van der Waals surface area contributed by atoms with Gasteiger partial charge in [-0.15, -0.1) is 0 Å². The highest BCUT2D eigenvalue weighted by molar-refractivity contribution is 5.92. The zero-order chi connectivity index (χ0) is 16.2. The summed E-state index contributed by atoms with van der Waals surface area (Å²) < 4.78 is 16.6. The van der Waals surface area contributed by atoms with Crippen LogP contribution in [0.15, 0.2) is 24.4 Å². The number of rotatable bonds is 4. The van der Waals surface area contributed by atoms with Crippen molar-refractivity contribution < 1.29 is 23.8 Å². The molecule has 8 nitrogen and oxygen atoms in total. The molecule has 2 saturated heterocycles. The van der Waals surface area contributed by atoms with Crippen LogP contribution in [0, 0.1) is 0 Å². The van der Waals surface area contributed by atoms with Crippen molar-refractivity contribution in [3.63, 3.8) is 0 Å². The molecule has 0 unspecified atom stereocenters. The first-order valence-corrected chi connectivity index (χ1v) is 7.58. The predicted octanol–water partition coefficient (Wildman–Crippen LogP) is 0.0923. The molecule has 2 amide bonds. The van der Waals surface area contributed by atoms with Crippen molar-refractivity contribution in [1.82, 2.24) is 15.6 Å². The fourth-order valence-corrected chi connectivity index (χ4v) is 2.75. The van der Waals surface area contributed by atoms with Gasteiger partial charge in [0.05, 0.1) is 19.3 Å². The SMILES string of the molecule is CCNC(=O)O[C@@H]1CO[C@H]2[C@@H]1OC[C@@H]2NC(=O)c1ccccn1. The molecule has 2 fully saturated rings. The molecule has 2 aliphatic heterocycles. The monoisotopic (exact) mass is 321 g/mol. The zero-order valence-electron chi connectivity index (χ0n) is 12.7. The largest absolute Gasteiger partial charge is 0.441 e. The maximum atomic E-state index is 12.2. The normalized spacial score (nSPS) is 28.9. The molecular formula is C15H19N3O5. The van der Waals surface area contributed by atoms with Crippen LogP contribution in [0.1, 0.15) is 17.4 Å². The predicted molar refractivity (Wildman–Crippen MR) is 78.9 cm³/mol. The molecule has 0 radical (unpaired) electrons. The van der Waals surface area contributed by atoms with Crippen molar-refractivity contribution in [2.45, 2.75) is 31.3 Å². The number of amides is 2. The number of hydrogen-bond acceptors (Lipinski definition) is 6. The van der Waals surface area contributed by atoms with Crippen LogP contribution in [0.25, 0.3) is 0 Å². The number of pyridine rings is 1. The number of hydrogen-bond donors (Lipinski definition) is 2. The standard InChI is InChI=1S/C15H19N3O5/c1-2-16-15(20)23-11-8-22-12-10(7-21-13(11)12)18-14(19)9-5-3-4-6-17-9/h3-6,10-13H,2,7-8H2,1H3,(H,16,20)(H,18,19)/t10-,11+,12+,13+/m0/s1. The van der Waals surface area contributed by atoms with E-state index in [9.17, 15) is 9.59 Å². The van der Waals surface area contributed by atoms with E-state index >= 15 is 0 Å². The van der Waals surface area contributed by atoms with Crippen molar-refractivity contribution in [3.8, 4) is 0 Å². The Bertz CT molecular complexity index is 567. The molecule has 0 aliphatic carbocycles. The third-order valence-corrected chi connectivity index (χ3v) is 3.80. The van der Waals surface area contributed by atoms with Crippen LogP contribution in [0.2, 0.25) is 0 Å². The van der Waals surface area contributed by atoms with Gasteiger partial charge in [-0.2, -0.15) is 0 Å². The second-order valence-corrected chi connectivity index (χ2v) is 5.36. The maximum absolute atomic E-state index is 12.2. The molecule has 23 heavy (non-hydrogen) atoms. The average molecular weight is 321 g/mol. The lowest BCUT2D eigenvalue weighted by molar-refractivity contribution is 0.00408. The maximum Gasteiger partial charge on any atom is 0.407 e. The molecule has 2 N–H and O–H groups in total. The second kappa shape index (κ2) is 6.93. The van der Waals surface area contributed by atoms with E-state index in [1.807, 2.05) is 6.92 Å². The van der Waals surface area contributed by atoms with E-state index in [4.69, 9.17) is 14.2 Å². The van der Waals surface area contributed by atoms with Crippen LogP contribution in [-0.4, -0.2) is 61.1 Å². The van der Waals surface area contributed by atoms with Gasteiger partial charge in [-0.25, -0.2) is 4.79 Å². The minimum Gasteiger partial charge on any atom is -0.441 e. The Kier molecular flexibility index (Phi) is 4.73. The summed E-state index contributed by atoms with van der Waals surface area (Å²) in [6.45, 7) is 2.86. The molecule has 4 atom stereocenters. The minimum atomic E-state index is -0.494. The number of nitrogens with one attached hydrogen (secondary N) is 2. The van der Waals surface area contributed by atoms with Crippen LogP contribution in [0.5, 0.6) is 0 Å². The van der Waals surface area contributed by atoms with Gasteiger partial charge in [0, 0.05) is 12.7 Å². The van der Waals surface area contributed by atoms with Crippen molar-refractivity contribution in [1.29, 1.82) is 0 Å². The highest BCUT2D eigenvalue weighted by Gasteiger charge is 2.50. The summed E-state index contributed by atoms with van der Waals surface area (Å²) in [5.41, 5.74) is 0.337. The van der Waals surface area contributed by atoms with E-state index in [1.54, 1.807) is 24.4 Å². The van der Waals surface area contributed by atoms with Gasteiger partial charge in [0.1, 0.15) is 17.9 Å². The fraction of sp³-hybridized carbons (Fsp3) is 0.533. The zero-order valence-corrected chi connectivity index (χ0v) is 12.7. The molecule has 8 heteroatoms. The molecule has 0 spiro atoms. The topological polar surface area (TPSA) is 98.8 Å². The fourth-order valence-electron chi connectivity index (χ4n) is 2.75. The Morgan fingerprint density at radius 3 is 2.87 bits per heavy atom. The molecule has 3 rings (SSSR count). The van der Waals surface area contributed by atoms with Gasteiger partial charge in [-0.1, -0.05) is 6.07 Å². The summed E-state index contributed by atoms with van der Waals surface area (Å²) in [5, 5.41) is 5.43. The van der Waals surface area contributed by atoms with Crippen molar-refractivity contribution in [3.05, 3.63) is 30.1 Å². The molecule has 0 bridgehead atoms. The number of carbonyl (C=O) groups is 2. The van der Waals surface area contributed by atoms with Crippen molar-refractivity contribution in [2.75, 3.05) is 19.8 Å². The molecule has 1 aromatic heterocycles. The molecular weight excluding hydrogens is 302 g/mol. The number of carbonyl (C=O) groups excluding carboxylic acids is 2. The molecule has 0 saturated carbocycles. The molecule has 1 aromatic rings. The Hall–Kier alpha value is -2.19. The lowest BCUT2D eigenvalue weighted by atomic mass is 10.1. The second-order valence-electron chi connectivity index (χ2n) is 5.36. The minimum absolute atomic E-state index is 0.252. The molecule has 3 heterocycles. The molecule has 124 valence electrons. The quantitative estimate of drug-likeness (QED) is 0.815. The van der Waals surface area contributed by atoms with Gasteiger partial charge in [-0.05, 0) is 19.1 Å². The summed E-state index contributed by atoms with van der Waals surface area (Å²) >= 11 is 0. The average Bonchev–Trinajstić information content (AvgIpc) is 3.12. The van der Waals surface area contributed by atoms with Gasteiger partial charge in [0.15, 0.2) is 6.10 Å². The van der Waals surface area contributed by atoms with Crippen LogP contribution in [0.3, 0.4) is 0 Å². The van der Waals surface area contributed by atoms with Gasteiger partial charge >= 0.3 is 6.09 Å². The van der Waals surface area contributed by atoms with Crippen LogP contribution in [-0.2, 0) is 14.2 Å². The van der Waals surface area contributed by atoms with Gasteiger partial charge < -0.3 is 24.8 Å². The highest BCUT2D eigenvalue weighted by Crippen LogP contribution is 2.29. The first kappa shape index (κ1) is 15.7.